The van der Waals surface area contributed by atoms with Crippen molar-refractivity contribution in [1.82, 2.24) is 0 Å². The molecule has 0 saturated heterocycles. The van der Waals surface area contributed by atoms with Gasteiger partial charge in [0.15, 0.2) is 6.79 Å². The fraction of sp³-hybridized carbons (Fsp3) is 0.625. The second-order valence-electron chi connectivity index (χ2n) is 2.24. The van der Waals surface area contributed by atoms with Crippen LogP contribution >= 0.6 is 0 Å². The van der Waals surface area contributed by atoms with E-state index in [4.69, 9.17) is 5.11 Å². The molecule has 0 aliphatic heterocycles. The van der Waals surface area contributed by atoms with Gasteiger partial charge < -0.3 is 9.84 Å². The van der Waals surface area contributed by atoms with Gasteiger partial charge in [-0.05, 0) is 13.3 Å². The average molecular weight is 158 g/mol. The van der Waals surface area contributed by atoms with E-state index in [1.807, 2.05) is 6.92 Å². The molecule has 64 valence electrons. The van der Waals surface area contributed by atoms with Crippen LogP contribution in [-0.4, -0.2) is 17.9 Å². The third kappa shape index (κ3) is 4.56. The lowest BCUT2D eigenvalue weighted by molar-refractivity contribution is -0.146. The van der Waals surface area contributed by atoms with Gasteiger partial charge in [-0.3, -0.25) is 0 Å². The zero-order valence-corrected chi connectivity index (χ0v) is 6.96. The van der Waals surface area contributed by atoms with Gasteiger partial charge in [0.2, 0.25) is 0 Å². The van der Waals surface area contributed by atoms with Crippen LogP contribution in [0.1, 0.15) is 26.7 Å². The first-order valence-electron chi connectivity index (χ1n) is 3.67. The SMILES string of the molecule is CCC/C=C(\C)C(=O)OCO. The molecule has 0 heterocycles. The maximum absolute atomic E-state index is 10.8. The van der Waals surface area contributed by atoms with Gasteiger partial charge in [0, 0.05) is 5.57 Å². The first-order chi connectivity index (χ1) is 5.22. The number of carbonyl (C=O) groups is 1. The van der Waals surface area contributed by atoms with Gasteiger partial charge in [-0.2, -0.15) is 0 Å². The lowest BCUT2D eigenvalue weighted by atomic mass is 10.2. The summed E-state index contributed by atoms with van der Waals surface area (Å²) in [5, 5.41) is 8.24. The van der Waals surface area contributed by atoms with Gasteiger partial charge in [-0.25, -0.2) is 4.79 Å². The minimum atomic E-state index is -0.545. The number of unbranched alkanes of at least 4 members (excludes halogenated alkanes) is 1. The minimum Gasteiger partial charge on any atom is -0.435 e. The molecule has 0 aromatic carbocycles. The lowest BCUT2D eigenvalue weighted by Gasteiger charge is -1.99. The predicted octanol–water partition coefficient (Wildman–Crippen LogP) is 1.23. The fourth-order valence-electron chi connectivity index (χ4n) is 0.617. The quantitative estimate of drug-likeness (QED) is 0.380. The first kappa shape index (κ1) is 10.2. The molecule has 0 bridgehead atoms. The highest BCUT2D eigenvalue weighted by atomic mass is 16.6. The summed E-state index contributed by atoms with van der Waals surface area (Å²) in [7, 11) is 0. The summed E-state index contributed by atoms with van der Waals surface area (Å²) in [4.78, 5) is 10.8. The van der Waals surface area contributed by atoms with Crippen molar-refractivity contribution in [3.8, 4) is 0 Å². The van der Waals surface area contributed by atoms with Gasteiger partial charge in [-0.15, -0.1) is 0 Å². The summed E-state index contributed by atoms with van der Waals surface area (Å²) in [6.07, 6.45) is 3.67. The minimum absolute atomic E-state index is 0.444. The van der Waals surface area contributed by atoms with Crippen LogP contribution in [0.2, 0.25) is 0 Å². The van der Waals surface area contributed by atoms with Crippen molar-refractivity contribution in [2.24, 2.45) is 0 Å². The van der Waals surface area contributed by atoms with Gasteiger partial charge >= 0.3 is 5.97 Å². The molecule has 0 aliphatic carbocycles. The normalized spacial score (nSPS) is 11.4. The molecule has 11 heavy (non-hydrogen) atoms. The average Bonchev–Trinajstić information content (AvgIpc) is 2.00. The summed E-state index contributed by atoms with van der Waals surface area (Å²) in [5.41, 5.74) is 0.556. The van der Waals surface area contributed by atoms with Crippen LogP contribution in [0.4, 0.5) is 0 Å². The highest BCUT2D eigenvalue weighted by molar-refractivity contribution is 5.87. The van der Waals surface area contributed by atoms with E-state index in [1.165, 1.54) is 0 Å². The Balaban J connectivity index is 3.80. The van der Waals surface area contributed by atoms with Crippen LogP contribution in [0.15, 0.2) is 11.6 Å². The number of ether oxygens (including phenoxy) is 1. The molecule has 0 aliphatic rings. The predicted molar refractivity (Wildman–Crippen MR) is 41.8 cm³/mol. The van der Waals surface area contributed by atoms with E-state index in [-0.39, 0.29) is 0 Å². The van der Waals surface area contributed by atoms with Gasteiger partial charge in [0.25, 0.3) is 0 Å². The summed E-state index contributed by atoms with van der Waals surface area (Å²) >= 11 is 0. The van der Waals surface area contributed by atoms with Gasteiger partial charge in [0.1, 0.15) is 0 Å². The first-order valence-corrected chi connectivity index (χ1v) is 3.67. The van der Waals surface area contributed by atoms with Crippen molar-refractivity contribution >= 4 is 5.97 Å². The van der Waals surface area contributed by atoms with E-state index in [9.17, 15) is 4.79 Å². The fourth-order valence-corrected chi connectivity index (χ4v) is 0.617. The molecule has 3 nitrogen and oxygen atoms in total. The lowest BCUT2D eigenvalue weighted by Crippen LogP contribution is -2.06. The molecule has 0 saturated carbocycles. The Bertz CT molecular complexity index is 149. The number of aliphatic hydroxyl groups excluding tert-OH is 1. The third-order valence-electron chi connectivity index (χ3n) is 1.26. The molecule has 0 aromatic heterocycles. The maximum atomic E-state index is 10.8. The van der Waals surface area contributed by atoms with Crippen LogP contribution in [0.25, 0.3) is 0 Å². The van der Waals surface area contributed by atoms with E-state index in [2.05, 4.69) is 4.74 Å². The summed E-state index contributed by atoms with van der Waals surface area (Å²) in [6.45, 7) is 3.16. The second-order valence-corrected chi connectivity index (χ2v) is 2.24. The molecule has 0 atom stereocenters. The number of hydrogen-bond donors (Lipinski definition) is 1. The van der Waals surface area contributed by atoms with E-state index < -0.39 is 12.8 Å². The molecular formula is C8H14O3. The molecule has 0 aromatic rings. The number of carbonyl (C=O) groups excluding carboxylic acids is 1. The third-order valence-corrected chi connectivity index (χ3v) is 1.26. The Kier molecular flexibility index (Phi) is 5.47. The zero-order chi connectivity index (χ0) is 8.69. The molecule has 0 spiro atoms. The Hall–Kier alpha value is -0.830. The molecule has 3 heteroatoms. The number of esters is 1. The standard InChI is InChI=1S/C8H14O3/c1-3-4-5-7(2)8(10)11-6-9/h5,9H,3-4,6H2,1-2H3/b7-5+. The maximum Gasteiger partial charge on any atom is 0.335 e. The summed E-state index contributed by atoms with van der Waals surface area (Å²) in [5.74, 6) is -0.444. The smallest absolute Gasteiger partial charge is 0.335 e. The van der Waals surface area contributed by atoms with E-state index in [0.717, 1.165) is 12.8 Å². The van der Waals surface area contributed by atoms with E-state index in [0.29, 0.717) is 5.57 Å². The number of aliphatic hydroxyl groups is 1. The van der Waals surface area contributed by atoms with Crippen molar-refractivity contribution < 1.29 is 14.6 Å². The Labute approximate surface area is 66.7 Å². The topological polar surface area (TPSA) is 46.5 Å². The van der Waals surface area contributed by atoms with Crippen LogP contribution in [0.3, 0.4) is 0 Å². The Morgan fingerprint density at radius 2 is 2.27 bits per heavy atom. The Morgan fingerprint density at radius 1 is 1.64 bits per heavy atom. The Morgan fingerprint density at radius 3 is 2.73 bits per heavy atom. The van der Waals surface area contributed by atoms with Crippen molar-refractivity contribution in [1.29, 1.82) is 0 Å². The van der Waals surface area contributed by atoms with Crippen molar-refractivity contribution in [2.75, 3.05) is 6.79 Å². The van der Waals surface area contributed by atoms with Crippen LogP contribution in [0, 0.1) is 0 Å². The monoisotopic (exact) mass is 158 g/mol. The van der Waals surface area contributed by atoms with Crippen LogP contribution in [0.5, 0.6) is 0 Å². The molecule has 0 unspecified atom stereocenters. The molecular weight excluding hydrogens is 144 g/mol. The van der Waals surface area contributed by atoms with Crippen molar-refractivity contribution in [3.05, 3.63) is 11.6 Å². The van der Waals surface area contributed by atoms with Crippen molar-refractivity contribution in [2.45, 2.75) is 26.7 Å². The molecule has 0 rings (SSSR count). The largest absolute Gasteiger partial charge is 0.435 e. The number of allylic oxidation sites excluding steroid dienone is 1. The zero-order valence-electron chi connectivity index (χ0n) is 6.96. The van der Waals surface area contributed by atoms with E-state index >= 15 is 0 Å². The van der Waals surface area contributed by atoms with Gasteiger partial charge in [-0.1, -0.05) is 19.4 Å². The molecule has 0 radical (unpaired) electrons. The summed E-state index contributed by atoms with van der Waals surface area (Å²) in [6, 6.07) is 0. The van der Waals surface area contributed by atoms with Gasteiger partial charge in [0.05, 0.1) is 0 Å². The second kappa shape index (κ2) is 5.92. The number of rotatable bonds is 4. The van der Waals surface area contributed by atoms with Crippen LogP contribution < -0.4 is 0 Å². The molecule has 1 N–H and O–H groups in total. The van der Waals surface area contributed by atoms with Crippen molar-refractivity contribution in [3.63, 3.8) is 0 Å². The summed E-state index contributed by atoms with van der Waals surface area (Å²) < 4.78 is 4.35. The molecule has 0 fully saturated rings. The molecule has 0 amide bonds. The number of hydrogen-bond acceptors (Lipinski definition) is 3. The highest BCUT2D eigenvalue weighted by Crippen LogP contribution is 1.99. The van der Waals surface area contributed by atoms with E-state index in [1.54, 1.807) is 13.0 Å². The van der Waals surface area contributed by atoms with Crippen LogP contribution in [-0.2, 0) is 9.53 Å². The highest BCUT2D eigenvalue weighted by Gasteiger charge is 2.02.